The van der Waals surface area contributed by atoms with Gasteiger partial charge in [0, 0.05) is 10.3 Å². The maximum Gasteiger partial charge on any atom is 0.311 e. The largest absolute Gasteiger partial charge is 0.469 e. The van der Waals surface area contributed by atoms with Crippen LogP contribution in [-0.4, -0.2) is 18.1 Å². The quantitative estimate of drug-likeness (QED) is 0.807. The van der Waals surface area contributed by atoms with Crippen molar-refractivity contribution in [3.63, 3.8) is 0 Å². The molecule has 0 N–H and O–H groups in total. The van der Waals surface area contributed by atoms with Gasteiger partial charge in [0.2, 0.25) is 0 Å². The molecule has 0 unspecified atom stereocenters. The van der Waals surface area contributed by atoms with Crippen molar-refractivity contribution >= 4 is 28.6 Å². The maximum atomic E-state index is 11.2. The molecule has 0 spiro atoms. The fourth-order valence-corrected chi connectivity index (χ4v) is 3.53. The van der Waals surface area contributed by atoms with Crippen LogP contribution in [-0.2, 0) is 21.4 Å². The normalized spacial score (nSPS) is 11.6. The third-order valence-corrected chi connectivity index (χ3v) is 5.23. The van der Waals surface area contributed by atoms with Gasteiger partial charge in [-0.3, -0.25) is 4.79 Å². The Morgan fingerprint density at radius 1 is 1.37 bits per heavy atom. The zero-order valence-electron chi connectivity index (χ0n) is 11.5. The molecule has 2 aromatic heterocycles. The number of hydrogen-bond donors (Lipinski definition) is 0. The number of thiazole rings is 1. The Morgan fingerprint density at radius 3 is 2.68 bits per heavy atom. The number of ether oxygens (including phenoxy) is 1. The van der Waals surface area contributed by atoms with E-state index in [-0.39, 0.29) is 17.8 Å². The summed E-state index contributed by atoms with van der Waals surface area (Å²) in [5.74, 6) is -0.251. The maximum absolute atomic E-state index is 11.2. The van der Waals surface area contributed by atoms with Crippen molar-refractivity contribution in [2.24, 2.45) is 0 Å². The molecule has 2 aromatic rings. The topological polar surface area (TPSA) is 39.2 Å². The van der Waals surface area contributed by atoms with Gasteiger partial charge in [-0.05, 0) is 17.5 Å². The molecular formula is C14H17NO2S2. The number of carbonyl (C=O) groups is 1. The Balaban J connectivity index is 2.19. The van der Waals surface area contributed by atoms with E-state index in [9.17, 15) is 4.79 Å². The summed E-state index contributed by atoms with van der Waals surface area (Å²) in [5, 5.41) is 2.89. The van der Waals surface area contributed by atoms with Gasteiger partial charge in [0.25, 0.3) is 0 Å². The standard InChI is InChI=1S/C14H17NO2S2/c1-14(2,3)11-6-5-10(19-11)13-15-9(8-18-13)7-12(16)17-4/h5-6,8H,7H2,1-4H3. The van der Waals surface area contributed by atoms with Gasteiger partial charge < -0.3 is 4.74 Å². The third-order valence-electron chi connectivity index (χ3n) is 2.66. The van der Waals surface area contributed by atoms with E-state index in [4.69, 9.17) is 0 Å². The van der Waals surface area contributed by atoms with Crippen LogP contribution in [0.3, 0.4) is 0 Å². The minimum absolute atomic E-state index is 0.162. The zero-order valence-corrected chi connectivity index (χ0v) is 13.2. The number of aromatic nitrogens is 1. The number of rotatable bonds is 3. The lowest BCUT2D eigenvalue weighted by atomic mass is 9.95. The molecule has 19 heavy (non-hydrogen) atoms. The van der Waals surface area contributed by atoms with Crippen molar-refractivity contribution in [1.29, 1.82) is 0 Å². The molecule has 0 amide bonds. The van der Waals surface area contributed by atoms with Crippen LogP contribution in [0.5, 0.6) is 0 Å². The lowest BCUT2D eigenvalue weighted by Crippen LogP contribution is -2.07. The first-order valence-electron chi connectivity index (χ1n) is 6.02. The second-order valence-corrected chi connectivity index (χ2v) is 7.25. The Bertz CT molecular complexity index is 578. The second-order valence-electron chi connectivity index (χ2n) is 5.31. The van der Waals surface area contributed by atoms with Gasteiger partial charge in [0.1, 0.15) is 5.01 Å². The lowest BCUT2D eigenvalue weighted by molar-refractivity contribution is -0.139. The van der Waals surface area contributed by atoms with E-state index in [0.717, 1.165) is 15.6 Å². The van der Waals surface area contributed by atoms with Gasteiger partial charge in [0.15, 0.2) is 0 Å². The Morgan fingerprint density at radius 2 is 2.11 bits per heavy atom. The molecule has 0 saturated heterocycles. The molecule has 0 aliphatic rings. The van der Waals surface area contributed by atoms with E-state index in [1.807, 2.05) is 5.38 Å². The molecule has 102 valence electrons. The summed E-state index contributed by atoms with van der Waals surface area (Å²) in [7, 11) is 1.39. The second kappa shape index (κ2) is 5.43. The minimum Gasteiger partial charge on any atom is -0.469 e. The van der Waals surface area contributed by atoms with Gasteiger partial charge >= 0.3 is 5.97 Å². The molecule has 2 rings (SSSR count). The fraction of sp³-hybridized carbons (Fsp3) is 0.429. The first-order chi connectivity index (χ1) is 8.90. The Kier molecular flexibility index (Phi) is 4.06. The van der Waals surface area contributed by atoms with Gasteiger partial charge in [-0.15, -0.1) is 22.7 Å². The summed E-state index contributed by atoms with van der Waals surface area (Å²) in [6.07, 6.45) is 0.241. The molecule has 0 aromatic carbocycles. The average Bonchev–Trinajstić information content (AvgIpc) is 2.95. The summed E-state index contributed by atoms with van der Waals surface area (Å²) < 4.78 is 4.65. The van der Waals surface area contributed by atoms with Gasteiger partial charge in [-0.25, -0.2) is 4.98 Å². The van der Waals surface area contributed by atoms with Crippen molar-refractivity contribution in [1.82, 2.24) is 4.98 Å². The summed E-state index contributed by atoms with van der Waals surface area (Å²) in [6, 6.07) is 4.26. The average molecular weight is 295 g/mol. The lowest BCUT2D eigenvalue weighted by Gasteiger charge is -2.15. The van der Waals surface area contributed by atoms with Crippen molar-refractivity contribution in [3.05, 3.63) is 28.1 Å². The number of methoxy groups -OCH3 is 1. The van der Waals surface area contributed by atoms with E-state index < -0.39 is 0 Å². The van der Waals surface area contributed by atoms with Gasteiger partial charge in [0.05, 0.1) is 24.1 Å². The van der Waals surface area contributed by atoms with Gasteiger partial charge in [-0.2, -0.15) is 0 Å². The van der Waals surface area contributed by atoms with Crippen LogP contribution in [0, 0.1) is 0 Å². The Hall–Kier alpha value is -1.20. The van der Waals surface area contributed by atoms with Crippen LogP contribution < -0.4 is 0 Å². The van der Waals surface area contributed by atoms with Crippen molar-refractivity contribution in [3.8, 4) is 9.88 Å². The summed E-state index contributed by atoms with van der Waals surface area (Å²) in [4.78, 5) is 18.2. The first-order valence-corrected chi connectivity index (χ1v) is 7.71. The number of thiophene rings is 1. The zero-order chi connectivity index (χ0) is 14.0. The van der Waals surface area contributed by atoms with Crippen LogP contribution in [0.1, 0.15) is 31.3 Å². The van der Waals surface area contributed by atoms with Crippen molar-refractivity contribution < 1.29 is 9.53 Å². The smallest absolute Gasteiger partial charge is 0.311 e. The number of carbonyl (C=O) groups excluding carboxylic acids is 1. The summed E-state index contributed by atoms with van der Waals surface area (Å²) in [6.45, 7) is 6.60. The molecule has 0 fully saturated rings. The predicted molar refractivity (Wildman–Crippen MR) is 79.8 cm³/mol. The van der Waals surface area contributed by atoms with Gasteiger partial charge in [-0.1, -0.05) is 20.8 Å². The Labute approximate surface area is 121 Å². The molecule has 0 bridgehead atoms. The van der Waals surface area contributed by atoms with E-state index in [0.29, 0.717) is 0 Å². The van der Waals surface area contributed by atoms with E-state index in [1.165, 1.54) is 12.0 Å². The highest BCUT2D eigenvalue weighted by Crippen LogP contribution is 2.36. The fourth-order valence-electron chi connectivity index (χ4n) is 1.58. The van der Waals surface area contributed by atoms with E-state index in [2.05, 4.69) is 42.6 Å². The van der Waals surface area contributed by atoms with Crippen LogP contribution >= 0.6 is 22.7 Å². The SMILES string of the molecule is COC(=O)Cc1csc(-c2ccc(C(C)(C)C)s2)n1. The monoisotopic (exact) mass is 295 g/mol. The van der Waals surface area contributed by atoms with Crippen LogP contribution in [0.15, 0.2) is 17.5 Å². The van der Waals surface area contributed by atoms with Crippen molar-refractivity contribution in [2.45, 2.75) is 32.6 Å². The van der Waals surface area contributed by atoms with E-state index in [1.54, 1.807) is 22.7 Å². The number of hydrogen-bond acceptors (Lipinski definition) is 5. The molecule has 5 heteroatoms. The molecule has 0 aliphatic heterocycles. The number of nitrogens with zero attached hydrogens (tertiary/aromatic N) is 1. The van der Waals surface area contributed by atoms with Crippen LogP contribution in [0.4, 0.5) is 0 Å². The highest BCUT2D eigenvalue weighted by molar-refractivity contribution is 7.21. The first kappa shape index (κ1) is 14.2. The molecule has 0 saturated carbocycles. The summed E-state index contributed by atoms with van der Waals surface area (Å²) in [5.41, 5.74) is 0.937. The third kappa shape index (κ3) is 3.42. The number of esters is 1. The highest BCUT2D eigenvalue weighted by Gasteiger charge is 2.18. The van der Waals surface area contributed by atoms with E-state index >= 15 is 0 Å². The molecule has 2 heterocycles. The highest BCUT2D eigenvalue weighted by atomic mass is 32.1. The molecule has 0 radical (unpaired) electrons. The minimum atomic E-state index is -0.251. The molecular weight excluding hydrogens is 278 g/mol. The predicted octanol–water partition coefficient (Wildman–Crippen LogP) is 3.88. The molecule has 3 nitrogen and oxygen atoms in total. The van der Waals surface area contributed by atoms with Crippen molar-refractivity contribution in [2.75, 3.05) is 7.11 Å². The summed E-state index contributed by atoms with van der Waals surface area (Å²) >= 11 is 3.33. The van der Waals surface area contributed by atoms with Crippen LogP contribution in [0.25, 0.3) is 9.88 Å². The molecule has 0 aliphatic carbocycles. The molecule has 0 atom stereocenters. The van der Waals surface area contributed by atoms with Crippen LogP contribution in [0.2, 0.25) is 0 Å².